The summed E-state index contributed by atoms with van der Waals surface area (Å²) in [5, 5.41) is 7.77. The highest BCUT2D eigenvalue weighted by Crippen LogP contribution is 2.11. The standard InChI is InChI=1S/C11H16N2O/c12-11-5-1-2-7-13(11)8-6-10-4-3-9-14-10/h3-4,9,12H,1-2,5-8H2. The zero-order valence-electron chi connectivity index (χ0n) is 8.33. The molecule has 1 aromatic rings. The Hall–Kier alpha value is -1.25. The van der Waals surface area contributed by atoms with Crippen molar-refractivity contribution in [2.24, 2.45) is 0 Å². The fourth-order valence-electron chi connectivity index (χ4n) is 1.83. The maximum Gasteiger partial charge on any atom is 0.105 e. The van der Waals surface area contributed by atoms with Crippen LogP contribution in [0.25, 0.3) is 0 Å². The van der Waals surface area contributed by atoms with Crippen molar-refractivity contribution >= 4 is 5.84 Å². The van der Waals surface area contributed by atoms with E-state index in [4.69, 9.17) is 9.83 Å². The van der Waals surface area contributed by atoms with Crippen molar-refractivity contribution in [3.63, 3.8) is 0 Å². The fourth-order valence-corrected chi connectivity index (χ4v) is 1.83. The number of furan rings is 1. The first kappa shape index (κ1) is 9.31. The second-order valence-corrected chi connectivity index (χ2v) is 3.72. The van der Waals surface area contributed by atoms with Gasteiger partial charge in [0.25, 0.3) is 0 Å². The molecule has 0 radical (unpaired) electrons. The SMILES string of the molecule is N=C1CCCCN1CCc1ccco1. The van der Waals surface area contributed by atoms with Gasteiger partial charge in [-0.2, -0.15) is 0 Å². The monoisotopic (exact) mass is 192 g/mol. The van der Waals surface area contributed by atoms with Crippen molar-refractivity contribution in [3.05, 3.63) is 24.2 Å². The minimum Gasteiger partial charge on any atom is -0.469 e. The predicted molar refractivity (Wildman–Crippen MR) is 55.6 cm³/mol. The van der Waals surface area contributed by atoms with Gasteiger partial charge in [0.05, 0.1) is 12.1 Å². The molecule has 0 atom stereocenters. The first-order valence-corrected chi connectivity index (χ1v) is 5.21. The van der Waals surface area contributed by atoms with Crippen LogP contribution in [-0.2, 0) is 6.42 Å². The number of nitrogens with one attached hydrogen (secondary N) is 1. The van der Waals surface area contributed by atoms with Crippen LogP contribution in [0.5, 0.6) is 0 Å². The average Bonchev–Trinajstić information content (AvgIpc) is 2.69. The molecule has 1 aliphatic heterocycles. The highest BCUT2D eigenvalue weighted by atomic mass is 16.3. The molecule has 1 N–H and O–H groups in total. The van der Waals surface area contributed by atoms with Crippen LogP contribution in [-0.4, -0.2) is 23.8 Å². The molecule has 14 heavy (non-hydrogen) atoms. The Kier molecular flexibility index (Phi) is 2.87. The Morgan fingerprint density at radius 3 is 3.07 bits per heavy atom. The Balaban J connectivity index is 1.82. The lowest BCUT2D eigenvalue weighted by Gasteiger charge is -2.28. The van der Waals surface area contributed by atoms with E-state index in [1.54, 1.807) is 6.26 Å². The molecule has 2 rings (SSSR count). The first-order chi connectivity index (χ1) is 6.86. The second-order valence-electron chi connectivity index (χ2n) is 3.72. The molecule has 3 heteroatoms. The van der Waals surface area contributed by atoms with E-state index in [0.29, 0.717) is 0 Å². The van der Waals surface area contributed by atoms with E-state index in [1.165, 1.54) is 12.8 Å². The van der Waals surface area contributed by atoms with Crippen LogP contribution in [0.1, 0.15) is 25.0 Å². The van der Waals surface area contributed by atoms with Gasteiger partial charge in [-0.05, 0) is 25.0 Å². The maximum atomic E-state index is 7.77. The molecule has 1 fully saturated rings. The summed E-state index contributed by atoms with van der Waals surface area (Å²) < 4.78 is 5.26. The lowest BCUT2D eigenvalue weighted by Crippen LogP contribution is -2.36. The van der Waals surface area contributed by atoms with Crippen molar-refractivity contribution in [2.75, 3.05) is 13.1 Å². The fraction of sp³-hybridized carbons (Fsp3) is 0.545. The van der Waals surface area contributed by atoms with Crippen molar-refractivity contribution in [1.29, 1.82) is 5.41 Å². The summed E-state index contributed by atoms with van der Waals surface area (Å²) in [5.41, 5.74) is 0. The van der Waals surface area contributed by atoms with Crippen LogP contribution in [0, 0.1) is 5.41 Å². The molecule has 1 saturated heterocycles. The lowest BCUT2D eigenvalue weighted by atomic mass is 10.1. The van der Waals surface area contributed by atoms with Gasteiger partial charge < -0.3 is 9.32 Å². The van der Waals surface area contributed by atoms with Gasteiger partial charge in [-0.3, -0.25) is 5.41 Å². The third-order valence-corrected chi connectivity index (χ3v) is 2.68. The Labute approximate surface area is 84.2 Å². The summed E-state index contributed by atoms with van der Waals surface area (Å²) in [6.07, 6.45) is 5.96. The Bertz CT molecular complexity index is 292. The second kappa shape index (κ2) is 4.31. The summed E-state index contributed by atoms with van der Waals surface area (Å²) >= 11 is 0. The van der Waals surface area contributed by atoms with E-state index in [-0.39, 0.29) is 0 Å². The number of rotatable bonds is 3. The minimum atomic E-state index is 0.794. The number of piperidine rings is 1. The van der Waals surface area contributed by atoms with Crippen molar-refractivity contribution < 1.29 is 4.42 Å². The average molecular weight is 192 g/mol. The molecule has 1 aliphatic rings. The topological polar surface area (TPSA) is 40.2 Å². The van der Waals surface area contributed by atoms with E-state index in [1.807, 2.05) is 12.1 Å². The van der Waals surface area contributed by atoms with E-state index >= 15 is 0 Å². The first-order valence-electron chi connectivity index (χ1n) is 5.21. The van der Waals surface area contributed by atoms with Crippen LogP contribution in [0.2, 0.25) is 0 Å². The molecular formula is C11H16N2O. The zero-order chi connectivity index (χ0) is 9.80. The van der Waals surface area contributed by atoms with Gasteiger partial charge >= 0.3 is 0 Å². The van der Waals surface area contributed by atoms with Crippen LogP contribution >= 0.6 is 0 Å². The zero-order valence-corrected chi connectivity index (χ0v) is 8.33. The molecule has 0 aliphatic carbocycles. The van der Waals surface area contributed by atoms with Crippen LogP contribution < -0.4 is 0 Å². The van der Waals surface area contributed by atoms with E-state index in [9.17, 15) is 0 Å². The largest absolute Gasteiger partial charge is 0.469 e. The molecule has 2 heterocycles. The van der Waals surface area contributed by atoms with Gasteiger partial charge in [-0.15, -0.1) is 0 Å². The van der Waals surface area contributed by atoms with Gasteiger partial charge in [0.2, 0.25) is 0 Å². The molecule has 0 spiro atoms. The highest BCUT2D eigenvalue weighted by Gasteiger charge is 2.14. The number of amidine groups is 1. The van der Waals surface area contributed by atoms with Crippen LogP contribution in [0.3, 0.4) is 0 Å². The van der Waals surface area contributed by atoms with Gasteiger partial charge in [0, 0.05) is 25.9 Å². The number of nitrogens with zero attached hydrogens (tertiary/aromatic N) is 1. The maximum absolute atomic E-state index is 7.77. The Morgan fingerprint density at radius 2 is 2.36 bits per heavy atom. The third-order valence-electron chi connectivity index (χ3n) is 2.68. The molecule has 0 bridgehead atoms. The number of hydrogen-bond acceptors (Lipinski definition) is 2. The normalized spacial score (nSPS) is 17.4. The van der Waals surface area contributed by atoms with Crippen LogP contribution in [0.4, 0.5) is 0 Å². The number of hydrogen-bond donors (Lipinski definition) is 1. The van der Waals surface area contributed by atoms with E-state index in [0.717, 1.165) is 37.5 Å². The molecule has 1 aromatic heterocycles. The summed E-state index contributed by atoms with van der Waals surface area (Å²) in [5.74, 6) is 1.81. The van der Waals surface area contributed by atoms with Crippen molar-refractivity contribution in [1.82, 2.24) is 4.90 Å². The van der Waals surface area contributed by atoms with Gasteiger partial charge in [0.15, 0.2) is 0 Å². The minimum absolute atomic E-state index is 0.794. The highest BCUT2D eigenvalue weighted by molar-refractivity contribution is 5.79. The third kappa shape index (κ3) is 2.16. The van der Waals surface area contributed by atoms with Gasteiger partial charge in [-0.25, -0.2) is 0 Å². The number of likely N-dealkylation sites (tertiary alicyclic amines) is 1. The molecule has 0 amide bonds. The van der Waals surface area contributed by atoms with Crippen molar-refractivity contribution in [2.45, 2.75) is 25.7 Å². The summed E-state index contributed by atoms with van der Waals surface area (Å²) in [4.78, 5) is 2.16. The summed E-state index contributed by atoms with van der Waals surface area (Å²) in [6, 6.07) is 3.91. The molecular weight excluding hydrogens is 176 g/mol. The smallest absolute Gasteiger partial charge is 0.105 e. The van der Waals surface area contributed by atoms with Crippen LogP contribution in [0.15, 0.2) is 22.8 Å². The summed E-state index contributed by atoms with van der Waals surface area (Å²) in [6.45, 7) is 1.96. The molecule has 0 unspecified atom stereocenters. The summed E-state index contributed by atoms with van der Waals surface area (Å²) in [7, 11) is 0. The molecule has 0 saturated carbocycles. The molecule has 3 nitrogen and oxygen atoms in total. The Morgan fingerprint density at radius 1 is 1.43 bits per heavy atom. The van der Waals surface area contributed by atoms with Gasteiger partial charge in [-0.1, -0.05) is 0 Å². The molecule has 76 valence electrons. The predicted octanol–water partition coefficient (Wildman–Crippen LogP) is 2.29. The molecule has 0 aromatic carbocycles. The van der Waals surface area contributed by atoms with Crippen molar-refractivity contribution in [3.8, 4) is 0 Å². The van der Waals surface area contributed by atoms with E-state index in [2.05, 4.69) is 4.90 Å². The van der Waals surface area contributed by atoms with E-state index < -0.39 is 0 Å². The lowest BCUT2D eigenvalue weighted by molar-refractivity contribution is 0.357. The quantitative estimate of drug-likeness (QED) is 0.798. The van der Waals surface area contributed by atoms with Gasteiger partial charge in [0.1, 0.15) is 5.76 Å².